The fraction of sp³-hybridized carbons (Fsp3) is 0.467. The van der Waals surface area contributed by atoms with Crippen LogP contribution in [0.2, 0.25) is 0 Å². The topological polar surface area (TPSA) is 58.9 Å². The van der Waals surface area contributed by atoms with Crippen molar-refractivity contribution < 1.29 is 14.6 Å². The van der Waals surface area contributed by atoms with Crippen LogP contribution >= 0.6 is 0 Å². The average Bonchev–Trinajstić information content (AvgIpc) is 2.79. The Bertz CT molecular complexity index is 1130. The Labute approximate surface area is 203 Å². The van der Waals surface area contributed by atoms with Gasteiger partial charge in [0.15, 0.2) is 0 Å². The van der Waals surface area contributed by atoms with Crippen LogP contribution in [0.1, 0.15) is 87.7 Å². The molecule has 1 fully saturated rings. The number of carboxylic acids is 1. The first-order valence-electron chi connectivity index (χ1n) is 12.6. The highest BCUT2D eigenvalue weighted by molar-refractivity contribution is 6.09. The van der Waals surface area contributed by atoms with Crippen molar-refractivity contribution in [3.8, 4) is 0 Å². The molecule has 1 aliphatic heterocycles. The van der Waals surface area contributed by atoms with Gasteiger partial charge in [0.2, 0.25) is 0 Å². The minimum atomic E-state index is -0.866. The molecule has 0 spiro atoms. The van der Waals surface area contributed by atoms with Gasteiger partial charge in [0.1, 0.15) is 11.9 Å². The summed E-state index contributed by atoms with van der Waals surface area (Å²) in [6.07, 6.45) is 10.9. The lowest BCUT2D eigenvalue weighted by atomic mass is 9.66. The van der Waals surface area contributed by atoms with Crippen molar-refractivity contribution in [2.45, 2.75) is 72.3 Å². The SMILES string of the molecule is CCCC1=CC2OC3=CC(=NCC)C(C)=CC3C(c3ccc(C(C)C)cc3C(=O)O)C2C=C1C. The van der Waals surface area contributed by atoms with Gasteiger partial charge in [0.05, 0.1) is 11.3 Å². The van der Waals surface area contributed by atoms with Crippen molar-refractivity contribution in [3.63, 3.8) is 0 Å². The summed E-state index contributed by atoms with van der Waals surface area (Å²) in [5.41, 5.74) is 7.04. The minimum absolute atomic E-state index is 0.0229. The number of aliphatic imine (C=N–C) groups is 1. The Kier molecular flexibility index (Phi) is 6.97. The highest BCUT2D eigenvalue weighted by Gasteiger charge is 2.45. The van der Waals surface area contributed by atoms with Crippen molar-refractivity contribution in [1.29, 1.82) is 0 Å². The van der Waals surface area contributed by atoms with Gasteiger partial charge < -0.3 is 9.84 Å². The summed E-state index contributed by atoms with van der Waals surface area (Å²) in [4.78, 5) is 17.1. The maximum Gasteiger partial charge on any atom is 0.335 e. The van der Waals surface area contributed by atoms with Crippen LogP contribution in [0.15, 0.2) is 70.0 Å². The fourth-order valence-electron chi connectivity index (χ4n) is 5.62. The molecule has 4 heteroatoms. The van der Waals surface area contributed by atoms with Crippen LogP contribution < -0.4 is 0 Å². The van der Waals surface area contributed by atoms with Gasteiger partial charge in [-0.05, 0) is 67.5 Å². The number of ether oxygens (including phenoxy) is 1. The maximum absolute atomic E-state index is 12.5. The lowest BCUT2D eigenvalue weighted by Gasteiger charge is -2.45. The molecule has 3 aliphatic rings. The molecule has 1 N–H and O–H groups in total. The number of hydrogen-bond acceptors (Lipinski definition) is 3. The van der Waals surface area contributed by atoms with E-state index in [0.717, 1.165) is 41.0 Å². The van der Waals surface area contributed by atoms with Crippen LogP contribution in [0.5, 0.6) is 0 Å². The number of fused-ring (bicyclic) bond motifs is 2. The van der Waals surface area contributed by atoms with Crippen LogP contribution in [0.3, 0.4) is 0 Å². The molecule has 4 atom stereocenters. The van der Waals surface area contributed by atoms with Crippen molar-refractivity contribution in [1.82, 2.24) is 0 Å². The number of aromatic carboxylic acids is 1. The third-order valence-electron chi connectivity index (χ3n) is 7.39. The lowest BCUT2D eigenvalue weighted by Crippen LogP contribution is -2.41. The summed E-state index contributed by atoms with van der Waals surface area (Å²) >= 11 is 0. The third-order valence-corrected chi connectivity index (χ3v) is 7.39. The van der Waals surface area contributed by atoms with E-state index in [0.29, 0.717) is 12.1 Å². The quantitative estimate of drug-likeness (QED) is 0.489. The van der Waals surface area contributed by atoms with E-state index in [9.17, 15) is 9.90 Å². The zero-order valence-corrected chi connectivity index (χ0v) is 21.3. The van der Waals surface area contributed by atoms with E-state index in [-0.39, 0.29) is 29.8 Å². The summed E-state index contributed by atoms with van der Waals surface area (Å²) < 4.78 is 6.63. The third kappa shape index (κ3) is 4.43. The predicted molar refractivity (Wildman–Crippen MR) is 139 cm³/mol. The molecule has 0 bridgehead atoms. The van der Waals surface area contributed by atoms with Crippen molar-refractivity contribution in [2.75, 3.05) is 6.54 Å². The summed E-state index contributed by atoms with van der Waals surface area (Å²) in [6, 6.07) is 6.02. The van der Waals surface area contributed by atoms with Gasteiger partial charge in [-0.3, -0.25) is 4.99 Å². The largest absolute Gasteiger partial charge is 0.489 e. The predicted octanol–water partition coefficient (Wildman–Crippen LogP) is 7.21. The molecule has 4 nitrogen and oxygen atoms in total. The van der Waals surface area contributed by atoms with Gasteiger partial charge in [-0.25, -0.2) is 4.79 Å². The Morgan fingerprint density at radius 3 is 2.53 bits per heavy atom. The Morgan fingerprint density at radius 1 is 1.12 bits per heavy atom. The average molecular weight is 460 g/mol. The molecular formula is C30H37NO3. The molecule has 4 unspecified atom stereocenters. The molecule has 34 heavy (non-hydrogen) atoms. The second kappa shape index (κ2) is 9.77. The van der Waals surface area contributed by atoms with E-state index in [1.54, 1.807) is 0 Å². The molecule has 1 saturated heterocycles. The van der Waals surface area contributed by atoms with Crippen LogP contribution in [-0.4, -0.2) is 29.4 Å². The van der Waals surface area contributed by atoms with Crippen LogP contribution in [0.25, 0.3) is 0 Å². The molecule has 0 saturated carbocycles. The number of carbonyl (C=O) groups is 1. The van der Waals surface area contributed by atoms with E-state index < -0.39 is 5.97 Å². The van der Waals surface area contributed by atoms with E-state index in [2.05, 4.69) is 76.0 Å². The highest BCUT2D eigenvalue weighted by atomic mass is 16.5. The van der Waals surface area contributed by atoms with E-state index in [4.69, 9.17) is 4.74 Å². The summed E-state index contributed by atoms with van der Waals surface area (Å²) in [6.45, 7) is 13.4. The smallest absolute Gasteiger partial charge is 0.335 e. The second-order valence-electron chi connectivity index (χ2n) is 10.1. The molecule has 1 aromatic carbocycles. The zero-order chi connectivity index (χ0) is 24.6. The maximum atomic E-state index is 12.5. The molecular weight excluding hydrogens is 422 g/mol. The first-order chi connectivity index (χ1) is 16.2. The number of allylic oxidation sites excluding steroid dienone is 5. The van der Waals surface area contributed by atoms with Gasteiger partial charge in [0, 0.05) is 30.4 Å². The molecule has 0 radical (unpaired) electrons. The van der Waals surface area contributed by atoms with Gasteiger partial charge in [-0.1, -0.05) is 57.0 Å². The molecule has 0 amide bonds. The number of benzene rings is 1. The lowest BCUT2D eigenvalue weighted by molar-refractivity contribution is 0.0391. The molecule has 1 heterocycles. The van der Waals surface area contributed by atoms with Crippen LogP contribution in [0.4, 0.5) is 0 Å². The number of nitrogens with zero attached hydrogens (tertiary/aromatic N) is 1. The van der Waals surface area contributed by atoms with Crippen molar-refractivity contribution >= 4 is 11.7 Å². The Balaban J connectivity index is 1.90. The standard InChI is InChI=1S/C30H37NO3/c1-7-9-21-15-27-24(12-18(21)5)29(22-11-10-20(17(3)4)14-23(22)30(32)33)25-13-19(6)26(31-8-2)16-28(25)34-27/h10-17,24-25,27,29H,7-9H2,1-6H3,(H,32,33). The number of hydrogen-bond donors (Lipinski definition) is 1. The molecule has 2 aliphatic carbocycles. The van der Waals surface area contributed by atoms with E-state index in [1.165, 1.54) is 11.1 Å². The van der Waals surface area contributed by atoms with Gasteiger partial charge in [-0.15, -0.1) is 0 Å². The fourth-order valence-corrected chi connectivity index (χ4v) is 5.62. The zero-order valence-electron chi connectivity index (χ0n) is 21.3. The van der Waals surface area contributed by atoms with E-state index >= 15 is 0 Å². The van der Waals surface area contributed by atoms with E-state index in [1.807, 2.05) is 13.0 Å². The summed E-state index contributed by atoms with van der Waals surface area (Å²) in [7, 11) is 0. The van der Waals surface area contributed by atoms with Gasteiger partial charge >= 0.3 is 5.97 Å². The Hall–Kier alpha value is -2.88. The monoisotopic (exact) mass is 459 g/mol. The number of rotatable bonds is 6. The van der Waals surface area contributed by atoms with Crippen molar-refractivity contribution in [2.24, 2.45) is 16.8 Å². The molecule has 0 aromatic heterocycles. The first-order valence-corrected chi connectivity index (χ1v) is 12.6. The van der Waals surface area contributed by atoms with Gasteiger partial charge in [0.25, 0.3) is 0 Å². The summed E-state index contributed by atoms with van der Waals surface area (Å²) in [5, 5.41) is 10.2. The Morgan fingerprint density at radius 2 is 1.88 bits per heavy atom. The van der Waals surface area contributed by atoms with Crippen molar-refractivity contribution in [3.05, 3.63) is 81.7 Å². The minimum Gasteiger partial charge on any atom is -0.489 e. The molecule has 1 aromatic rings. The van der Waals surface area contributed by atoms with Gasteiger partial charge in [-0.2, -0.15) is 0 Å². The molecule has 4 rings (SSSR count). The first kappa shape index (κ1) is 24.3. The van der Waals surface area contributed by atoms with Crippen LogP contribution in [0, 0.1) is 11.8 Å². The second-order valence-corrected chi connectivity index (χ2v) is 10.1. The molecule has 180 valence electrons. The highest BCUT2D eigenvalue weighted by Crippen LogP contribution is 2.51. The normalized spacial score (nSPS) is 27.2. The van der Waals surface area contributed by atoms with Crippen LogP contribution in [-0.2, 0) is 4.74 Å². The number of carboxylic acid groups (broad SMARTS) is 1. The summed E-state index contributed by atoms with van der Waals surface area (Å²) in [5.74, 6) is 0.323.